The van der Waals surface area contributed by atoms with Gasteiger partial charge in [0, 0.05) is 27.7 Å². The Kier molecular flexibility index (Phi) is 5.75. The normalized spacial score (nSPS) is 12.4. The molecular formula is C27H18BrFN4O2S. The van der Waals surface area contributed by atoms with E-state index >= 15 is 0 Å². The van der Waals surface area contributed by atoms with Gasteiger partial charge in [-0.3, -0.25) is 9.89 Å². The number of halogens is 2. The molecule has 0 unspecified atom stereocenters. The first-order valence-electron chi connectivity index (χ1n) is 11.1. The number of rotatable bonds is 5. The van der Waals surface area contributed by atoms with E-state index in [0.717, 1.165) is 43.5 Å². The summed E-state index contributed by atoms with van der Waals surface area (Å²) in [7, 11) is 0. The van der Waals surface area contributed by atoms with Crippen molar-refractivity contribution in [3.8, 4) is 22.4 Å². The molecule has 0 aliphatic heterocycles. The summed E-state index contributed by atoms with van der Waals surface area (Å²) in [5.74, 6) is -0.443. The molecule has 6 rings (SSSR count). The van der Waals surface area contributed by atoms with Crippen molar-refractivity contribution in [2.45, 2.75) is 6.04 Å². The van der Waals surface area contributed by atoms with E-state index in [0.29, 0.717) is 10.0 Å². The fourth-order valence-corrected chi connectivity index (χ4v) is 5.66. The maximum Gasteiger partial charge on any atom is 0.251 e. The molecular weight excluding hydrogens is 543 g/mol. The molecule has 3 aromatic carbocycles. The number of benzene rings is 3. The summed E-state index contributed by atoms with van der Waals surface area (Å²) < 4.78 is 17.0. The second kappa shape index (κ2) is 9.09. The average Bonchev–Trinajstić information content (AvgIpc) is 3.51. The van der Waals surface area contributed by atoms with Crippen LogP contribution in [0.25, 0.3) is 43.5 Å². The zero-order valence-corrected chi connectivity index (χ0v) is 21.1. The van der Waals surface area contributed by atoms with Crippen molar-refractivity contribution in [1.82, 2.24) is 19.7 Å². The number of aliphatic hydroxyl groups is 1. The first-order valence-corrected chi connectivity index (χ1v) is 12.8. The molecule has 0 aliphatic carbocycles. The molecule has 0 radical (unpaired) electrons. The highest BCUT2D eigenvalue weighted by atomic mass is 79.9. The third-order valence-electron chi connectivity index (χ3n) is 6.23. The van der Waals surface area contributed by atoms with Gasteiger partial charge in [0.15, 0.2) is 0 Å². The van der Waals surface area contributed by atoms with Gasteiger partial charge in [0.05, 0.1) is 39.6 Å². The summed E-state index contributed by atoms with van der Waals surface area (Å²) in [6, 6.07) is 19.0. The minimum Gasteiger partial charge on any atom is -0.394 e. The number of aromatic nitrogens is 4. The lowest BCUT2D eigenvalue weighted by Crippen LogP contribution is -2.27. The largest absolute Gasteiger partial charge is 0.394 e. The summed E-state index contributed by atoms with van der Waals surface area (Å²) >= 11 is 4.86. The monoisotopic (exact) mass is 560 g/mol. The van der Waals surface area contributed by atoms with Crippen LogP contribution >= 0.6 is 27.3 Å². The highest BCUT2D eigenvalue weighted by molar-refractivity contribution is 9.10. The number of nitrogens with zero attached hydrogens (tertiary/aromatic N) is 3. The van der Waals surface area contributed by atoms with Crippen molar-refractivity contribution < 1.29 is 9.50 Å². The van der Waals surface area contributed by atoms with Crippen LogP contribution in [-0.2, 0) is 0 Å². The zero-order valence-electron chi connectivity index (χ0n) is 18.7. The van der Waals surface area contributed by atoms with Gasteiger partial charge in [0.25, 0.3) is 5.56 Å². The van der Waals surface area contributed by atoms with Gasteiger partial charge in [-0.1, -0.05) is 28.1 Å². The number of hydrogen-bond donors (Lipinski definition) is 2. The minimum atomic E-state index is -0.705. The van der Waals surface area contributed by atoms with E-state index in [2.05, 4.69) is 37.2 Å². The van der Waals surface area contributed by atoms with E-state index in [9.17, 15) is 14.3 Å². The van der Waals surface area contributed by atoms with Gasteiger partial charge < -0.3 is 9.67 Å². The third kappa shape index (κ3) is 4.05. The highest BCUT2D eigenvalue weighted by Gasteiger charge is 2.17. The molecule has 3 heterocycles. The Balaban J connectivity index is 1.39. The van der Waals surface area contributed by atoms with Crippen LogP contribution in [0.1, 0.15) is 11.6 Å². The predicted octanol–water partition coefficient (Wildman–Crippen LogP) is 6.15. The molecule has 0 fully saturated rings. The van der Waals surface area contributed by atoms with E-state index in [4.69, 9.17) is 0 Å². The summed E-state index contributed by atoms with van der Waals surface area (Å²) in [6.45, 7) is -0.344. The van der Waals surface area contributed by atoms with Crippen LogP contribution in [0.2, 0.25) is 0 Å². The van der Waals surface area contributed by atoms with Gasteiger partial charge >= 0.3 is 0 Å². The zero-order chi connectivity index (χ0) is 24.8. The Bertz CT molecular complexity index is 1790. The van der Waals surface area contributed by atoms with Crippen molar-refractivity contribution in [2.24, 2.45) is 0 Å². The third-order valence-corrected chi connectivity index (χ3v) is 7.48. The number of nitrogens with one attached hydrogen (secondary N) is 1. The smallest absolute Gasteiger partial charge is 0.251 e. The van der Waals surface area contributed by atoms with Gasteiger partial charge in [0.2, 0.25) is 0 Å². The molecule has 0 amide bonds. The first-order chi connectivity index (χ1) is 17.5. The van der Waals surface area contributed by atoms with Crippen LogP contribution in [0.5, 0.6) is 0 Å². The Hall–Kier alpha value is -3.66. The molecule has 0 aliphatic rings. The molecule has 1 atom stereocenters. The molecule has 6 nitrogen and oxygen atoms in total. The predicted molar refractivity (Wildman–Crippen MR) is 144 cm³/mol. The molecule has 2 N–H and O–H groups in total. The molecule has 178 valence electrons. The van der Waals surface area contributed by atoms with Crippen molar-refractivity contribution in [2.75, 3.05) is 6.61 Å². The molecule has 3 aromatic heterocycles. The topological polar surface area (TPSA) is 83.8 Å². The summed E-state index contributed by atoms with van der Waals surface area (Å²) in [6.07, 6.45) is 1.63. The van der Waals surface area contributed by atoms with Crippen molar-refractivity contribution >= 4 is 48.4 Å². The Labute approximate surface area is 216 Å². The number of H-pyrrole nitrogens is 1. The average molecular weight is 561 g/mol. The van der Waals surface area contributed by atoms with E-state index in [-0.39, 0.29) is 12.2 Å². The summed E-state index contributed by atoms with van der Waals surface area (Å²) in [4.78, 5) is 17.4. The Morgan fingerprint density at radius 2 is 1.86 bits per heavy atom. The number of aromatic amines is 1. The van der Waals surface area contributed by atoms with E-state index in [1.807, 2.05) is 41.9 Å². The molecule has 6 aromatic rings. The van der Waals surface area contributed by atoms with Crippen LogP contribution in [0.4, 0.5) is 4.39 Å². The molecule has 9 heteroatoms. The SMILES string of the molecule is O=c1cc(-c2ccc3[nH]nc(-c4ccc5ncsc5c4)c3c2)ccn1[C@H](CO)c1cc(F)cc(Br)c1. The first kappa shape index (κ1) is 22.8. The van der Waals surface area contributed by atoms with Gasteiger partial charge in [0.1, 0.15) is 5.82 Å². The van der Waals surface area contributed by atoms with Crippen molar-refractivity contribution in [3.63, 3.8) is 0 Å². The summed E-state index contributed by atoms with van der Waals surface area (Å²) in [5, 5.41) is 18.6. The summed E-state index contributed by atoms with van der Waals surface area (Å²) in [5.41, 5.74) is 7.29. The minimum absolute atomic E-state index is 0.296. The fourth-order valence-electron chi connectivity index (χ4n) is 4.46. The number of hydrogen-bond acceptors (Lipinski definition) is 5. The molecule has 0 bridgehead atoms. The van der Waals surface area contributed by atoms with Gasteiger partial charge in [-0.15, -0.1) is 11.3 Å². The van der Waals surface area contributed by atoms with Crippen LogP contribution < -0.4 is 5.56 Å². The maximum atomic E-state index is 13.9. The molecule has 0 saturated heterocycles. The van der Waals surface area contributed by atoms with Crippen LogP contribution in [0, 0.1) is 5.82 Å². The highest BCUT2D eigenvalue weighted by Crippen LogP contribution is 2.32. The molecule has 0 saturated carbocycles. The number of thiazole rings is 1. The lowest BCUT2D eigenvalue weighted by Gasteiger charge is -2.19. The maximum absolute atomic E-state index is 13.9. The van der Waals surface area contributed by atoms with E-state index in [1.54, 1.807) is 23.6 Å². The lowest BCUT2D eigenvalue weighted by molar-refractivity contribution is 0.246. The van der Waals surface area contributed by atoms with Crippen LogP contribution in [0.3, 0.4) is 0 Å². The van der Waals surface area contributed by atoms with E-state index in [1.165, 1.54) is 22.8 Å². The molecule has 0 spiro atoms. The standard InChI is InChI=1S/C27H18BrFN4O2S/c28-19-7-18(8-20(29)12-19)24(13-34)33-6-5-16(11-26(33)35)15-1-3-22-21(9-15)27(32-31-22)17-2-4-23-25(10-17)36-14-30-23/h1-12,14,24,34H,13H2,(H,31,32)/t24-/m1/s1. The second-order valence-corrected chi connectivity index (χ2v) is 10.2. The Morgan fingerprint density at radius 3 is 2.67 bits per heavy atom. The van der Waals surface area contributed by atoms with Crippen LogP contribution in [-0.4, -0.2) is 31.5 Å². The van der Waals surface area contributed by atoms with Gasteiger partial charge in [-0.25, -0.2) is 9.37 Å². The van der Waals surface area contributed by atoms with Crippen LogP contribution in [0.15, 0.2) is 87.7 Å². The second-order valence-electron chi connectivity index (χ2n) is 8.43. The number of fused-ring (bicyclic) bond motifs is 2. The number of aliphatic hydroxyl groups excluding tert-OH is 1. The Morgan fingerprint density at radius 1 is 1.03 bits per heavy atom. The van der Waals surface area contributed by atoms with Gasteiger partial charge in [-0.05, 0) is 65.2 Å². The van der Waals surface area contributed by atoms with Crippen molar-refractivity contribution in [1.29, 1.82) is 0 Å². The number of pyridine rings is 1. The van der Waals surface area contributed by atoms with Gasteiger partial charge in [-0.2, -0.15) is 5.10 Å². The van der Waals surface area contributed by atoms with E-state index < -0.39 is 11.9 Å². The lowest BCUT2D eigenvalue weighted by atomic mass is 10.0. The quantitative estimate of drug-likeness (QED) is 0.265. The fraction of sp³-hybridized carbons (Fsp3) is 0.0741. The molecule has 36 heavy (non-hydrogen) atoms. The van der Waals surface area contributed by atoms with Crippen molar-refractivity contribution in [3.05, 3.63) is 105 Å².